The highest BCUT2D eigenvalue weighted by molar-refractivity contribution is 5.91. The highest BCUT2D eigenvalue weighted by Crippen LogP contribution is 2.29. The van der Waals surface area contributed by atoms with Crippen LogP contribution in [0.15, 0.2) is 42.9 Å². The molecule has 0 spiro atoms. The fraction of sp³-hybridized carbons (Fsp3) is 0.667. The van der Waals surface area contributed by atoms with E-state index in [4.69, 9.17) is 4.74 Å². The van der Waals surface area contributed by atoms with Crippen molar-refractivity contribution in [2.45, 2.75) is 154 Å². The standard InChI is InChI=1S/C39H62N6O6/c1-7-8-19-35(47)42-30(26(2)3)23-34(46)31(20-27-15-11-9-12-16-27)43-37(49)33(22-29-24-40-25-41-29)44-36(48)32(21-28-17-13-10-14-18-28)45-38(50)51-39(4,5)6/h10,13-14,17-18,24-27,30-34,46H,7-9,11-12,15-16,19-23H2,1-6H3,(H,40,41)(H,42,47)(H,43,49)(H,44,48)(H,45,50)/t30-,31-,32-,33-,34-/m0/s1. The quantitative estimate of drug-likeness (QED) is 0.118. The van der Waals surface area contributed by atoms with Crippen LogP contribution in [0, 0.1) is 11.8 Å². The van der Waals surface area contributed by atoms with E-state index in [1.165, 1.54) is 12.7 Å². The fourth-order valence-electron chi connectivity index (χ4n) is 6.52. The number of hydrogen-bond donors (Lipinski definition) is 6. The topological polar surface area (TPSA) is 175 Å². The zero-order valence-corrected chi connectivity index (χ0v) is 31.5. The van der Waals surface area contributed by atoms with Crippen molar-refractivity contribution >= 4 is 23.8 Å². The Morgan fingerprint density at radius 3 is 2.20 bits per heavy atom. The summed E-state index contributed by atoms with van der Waals surface area (Å²) < 4.78 is 5.46. The van der Waals surface area contributed by atoms with Gasteiger partial charge in [-0.05, 0) is 57.4 Å². The molecule has 0 unspecified atom stereocenters. The number of amides is 4. The Morgan fingerprint density at radius 1 is 0.922 bits per heavy atom. The van der Waals surface area contributed by atoms with Crippen LogP contribution >= 0.6 is 0 Å². The number of nitrogens with zero attached hydrogens (tertiary/aromatic N) is 1. The van der Waals surface area contributed by atoms with Crippen molar-refractivity contribution < 1.29 is 29.0 Å². The van der Waals surface area contributed by atoms with Crippen molar-refractivity contribution in [1.82, 2.24) is 31.2 Å². The van der Waals surface area contributed by atoms with Gasteiger partial charge in [-0.25, -0.2) is 9.78 Å². The van der Waals surface area contributed by atoms with Crippen LogP contribution in [0.2, 0.25) is 0 Å². The first-order valence-electron chi connectivity index (χ1n) is 18.8. The number of ether oxygens (including phenoxy) is 1. The van der Waals surface area contributed by atoms with Crippen molar-refractivity contribution in [1.29, 1.82) is 0 Å². The molecular weight excluding hydrogens is 648 g/mol. The van der Waals surface area contributed by atoms with E-state index >= 15 is 0 Å². The van der Waals surface area contributed by atoms with Gasteiger partial charge < -0.3 is 36.1 Å². The van der Waals surface area contributed by atoms with Gasteiger partial charge >= 0.3 is 6.09 Å². The average Bonchev–Trinajstić information content (AvgIpc) is 3.59. The van der Waals surface area contributed by atoms with Crippen LogP contribution in [-0.2, 0) is 32.0 Å². The summed E-state index contributed by atoms with van der Waals surface area (Å²) >= 11 is 0. The SMILES string of the molecule is CCCCC(=O)N[C@@H](C[C@H](O)[C@H](CC1CCCCC1)NC(=O)[C@H](Cc1cnc[nH]1)NC(=O)[C@H](Cc1ccccc1)NC(=O)OC(C)(C)C)C(C)C. The number of aliphatic hydroxyl groups excluding tert-OH is 1. The molecule has 284 valence electrons. The van der Waals surface area contributed by atoms with Crippen LogP contribution in [0.1, 0.15) is 117 Å². The van der Waals surface area contributed by atoms with Crippen molar-refractivity contribution in [3.63, 3.8) is 0 Å². The second-order valence-electron chi connectivity index (χ2n) is 15.4. The number of nitrogens with one attached hydrogen (secondary N) is 5. The lowest BCUT2D eigenvalue weighted by atomic mass is 9.82. The smallest absolute Gasteiger partial charge is 0.408 e. The molecule has 12 nitrogen and oxygen atoms in total. The summed E-state index contributed by atoms with van der Waals surface area (Å²) in [5, 5.41) is 23.5. The molecule has 0 radical (unpaired) electrons. The minimum Gasteiger partial charge on any atom is -0.444 e. The molecule has 2 aromatic rings. The summed E-state index contributed by atoms with van der Waals surface area (Å²) in [6.45, 7) is 11.3. The van der Waals surface area contributed by atoms with Crippen molar-refractivity contribution in [3.05, 3.63) is 54.1 Å². The van der Waals surface area contributed by atoms with Crippen LogP contribution in [-0.4, -0.2) is 74.8 Å². The van der Waals surface area contributed by atoms with Gasteiger partial charge in [0, 0.05) is 37.2 Å². The van der Waals surface area contributed by atoms with Gasteiger partial charge in [-0.3, -0.25) is 14.4 Å². The minimum atomic E-state index is -1.05. The number of hydrogen-bond acceptors (Lipinski definition) is 7. The maximum absolute atomic E-state index is 14.2. The van der Waals surface area contributed by atoms with Crippen LogP contribution in [0.3, 0.4) is 0 Å². The zero-order chi connectivity index (χ0) is 37.4. The van der Waals surface area contributed by atoms with E-state index < -0.39 is 47.7 Å². The predicted octanol–water partition coefficient (Wildman–Crippen LogP) is 5.11. The number of alkyl carbamates (subject to hydrolysis) is 1. The van der Waals surface area contributed by atoms with Gasteiger partial charge in [-0.2, -0.15) is 0 Å². The second kappa shape index (κ2) is 20.8. The van der Waals surface area contributed by atoms with Gasteiger partial charge in [0.1, 0.15) is 17.7 Å². The number of rotatable bonds is 19. The van der Waals surface area contributed by atoms with E-state index in [9.17, 15) is 24.3 Å². The Morgan fingerprint density at radius 2 is 1.59 bits per heavy atom. The van der Waals surface area contributed by atoms with Crippen molar-refractivity contribution in [3.8, 4) is 0 Å². The van der Waals surface area contributed by atoms with Gasteiger partial charge in [-0.1, -0.05) is 89.6 Å². The summed E-state index contributed by atoms with van der Waals surface area (Å²) in [6.07, 6.45) is 10.1. The molecule has 1 heterocycles. The first-order valence-corrected chi connectivity index (χ1v) is 18.8. The molecule has 0 saturated heterocycles. The van der Waals surface area contributed by atoms with Crippen LogP contribution in [0.25, 0.3) is 0 Å². The molecule has 4 amide bonds. The van der Waals surface area contributed by atoms with Gasteiger partial charge in [-0.15, -0.1) is 0 Å². The second-order valence-corrected chi connectivity index (χ2v) is 15.4. The Balaban J connectivity index is 1.85. The molecule has 1 saturated carbocycles. The lowest BCUT2D eigenvalue weighted by Gasteiger charge is -2.34. The molecule has 6 N–H and O–H groups in total. The maximum Gasteiger partial charge on any atom is 0.408 e. The summed E-state index contributed by atoms with van der Waals surface area (Å²) in [7, 11) is 0. The monoisotopic (exact) mass is 710 g/mol. The van der Waals surface area contributed by atoms with Crippen LogP contribution in [0.5, 0.6) is 0 Å². The summed E-state index contributed by atoms with van der Waals surface area (Å²) in [5.74, 6) is -0.639. The maximum atomic E-state index is 14.2. The Hall–Kier alpha value is -3.93. The molecule has 51 heavy (non-hydrogen) atoms. The molecule has 1 aromatic carbocycles. The van der Waals surface area contributed by atoms with Gasteiger partial charge in [0.2, 0.25) is 17.7 Å². The number of aliphatic hydroxyl groups is 1. The number of H-pyrrole nitrogens is 1. The molecule has 1 fully saturated rings. The lowest BCUT2D eigenvalue weighted by molar-refractivity contribution is -0.131. The van der Waals surface area contributed by atoms with E-state index in [0.717, 1.165) is 44.1 Å². The lowest BCUT2D eigenvalue weighted by Crippen LogP contribution is -2.58. The van der Waals surface area contributed by atoms with E-state index in [2.05, 4.69) is 31.2 Å². The molecule has 1 aliphatic carbocycles. The molecule has 3 rings (SSSR count). The van der Waals surface area contributed by atoms with Gasteiger partial charge in [0.25, 0.3) is 0 Å². The number of carbonyl (C=O) groups is 4. The highest BCUT2D eigenvalue weighted by Gasteiger charge is 2.34. The predicted molar refractivity (Wildman–Crippen MR) is 198 cm³/mol. The molecular formula is C39H62N6O6. The van der Waals surface area contributed by atoms with E-state index in [-0.39, 0.29) is 37.1 Å². The number of aromatic nitrogens is 2. The third-order valence-electron chi connectivity index (χ3n) is 9.41. The zero-order valence-electron chi connectivity index (χ0n) is 31.5. The van der Waals surface area contributed by atoms with Crippen LogP contribution < -0.4 is 21.3 Å². The Bertz CT molecular complexity index is 1340. The number of unbranched alkanes of at least 4 members (excludes halogenated alkanes) is 1. The molecule has 0 bridgehead atoms. The summed E-state index contributed by atoms with van der Waals surface area (Å²) in [5.41, 5.74) is 0.678. The number of aromatic amines is 1. The third-order valence-corrected chi connectivity index (χ3v) is 9.41. The minimum absolute atomic E-state index is 0.0389. The van der Waals surface area contributed by atoms with Crippen molar-refractivity contribution in [2.75, 3.05) is 0 Å². The van der Waals surface area contributed by atoms with Gasteiger partial charge in [0.15, 0.2) is 0 Å². The van der Waals surface area contributed by atoms with Crippen LogP contribution in [0.4, 0.5) is 4.79 Å². The largest absolute Gasteiger partial charge is 0.444 e. The number of carbonyl (C=O) groups excluding carboxylic acids is 4. The third kappa shape index (κ3) is 15.5. The average molecular weight is 711 g/mol. The van der Waals surface area contributed by atoms with E-state index in [1.807, 2.05) is 51.1 Å². The summed E-state index contributed by atoms with van der Waals surface area (Å²) in [6, 6.07) is 6.34. The molecule has 0 aliphatic heterocycles. The molecule has 1 aliphatic rings. The summed E-state index contributed by atoms with van der Waals surface area (Å²) in [4.78, 5) is 60.8. The normalized spacial score (nSPS) is 16.7. The Kier molecular flexibility index (Phi) is 16.9. The van der Waals surface area contributed by atoms with Gasteiger partial charge in [0.05, 0.1) is 18.5 Å². The fourth-order valence-corrected chi connectivity index (χ4v) is 6.52. The Labute approximate surface area is 304 Å². The molecule has 5 atom stereocenters. The molecule has 12 heteroatoms. The first-order chi connectivity index (χ1) is 24.2. The molecule has 1 aromatic heterocycles. The van der Waals surface area contributed by atoms with Crippen molar-refractivity contribution in [2.24, 2.45) is 11.8 Å². The first kappa shape index (κ1) is 41.5. The van der Waals surface area contributed by atoms with E-state index in [0.29, 0.717) is 24.5 Å². The van der Waals surface area contributed by atoms with E-state index in [1.54, 1.807) is 27.0 Å². The highest BCUT2D eigenvalue weighted by atomic mass is 16.6. The number of benzene rings is 1. The number of imidazole rings is 1.